The standard InChI is InChI=1S/C17H22O6/c1-7-10-5-12(19)17(4)13(20)6-11(22-9(3)18)8(2)14(17)15(10)23-16(7)21/h10-15,19-20H,1-2,5-6H2,3-4H3. The number of hydrogen-bond acceptors (Lipinski definition) is 6. The third-order valence-corrected chi connectivity index (χ3v) is 5.82. The molecule has 2 aliphatic carbocycles. The molecule has 0 aromatic carbocycles. The van der Waals surface area contributed by atoms with Crippen molar-refractivity contribution in [1.82, 2.24) is 0 Å². The van der Waals surface area contributed by atoms with Crippen molar-refractivity contribution in [2.24, 2.45) is 17.3 Å². The summed E-state index contributed by atoms with van der Waals surface area (Å²) in [5.41, 5.74) is 0.0111. The minimum Gasteiger partial charge on any atom is -0.458 e. The molecule has 0 aromatic rings. The zero-order chi connectivity index (χ0) is 17.1. The molecule has 3 rings (SSSR count). The first-order chi connectivity index (χ1) is 10.7. The summed E-state index contributed by atoms with van der Waals surface area (Å²) in [5, 5.41) is 21.3. The molecular weight excluding hydrogens is 300 g/mol. The van der Waals surface area contributed by atoms with Crippen LogP contribution in [0.4, 0.5) is 0 Å². The molecule has 6 nitrogen and oxygen atoms in total. The van der Waals surface area contributed by atoms with Gasteiger partial charge in [0.05, 0.1) is 12.2 Å². The van der Waals surface area contributed by atoms with Crippen LogP contribution in [0.5, 0.6) is 0 Å². The molecule has 1 aliphatic heterocycles. The quantitative estimate of drug-likeness (QED) is 0.420. The molecular formula is C17H22O6. The van der Waals surface area contributed by atoms with Gasteiger partial charge in [-0.2, -0.15) is 0 Å². The van der Waals surface area contributed by atoms with Crippen molar-refractivity contribution in [1.29, 1.82) is 0 Å². The van der Waals surface area contributed by atoms with Gasteiger partial charge in [-0.3, -0.25) is 4.79 Å². The Balaban J connectivity index is 2.02. The fraction of sp³-hybridized carbons (Fsp3) is 0.647. The summed E-state index contributed by atoms with van der Waals surface area (Å²) in [5.74, 6) is -1.75. The van der Waals surface area contributed by atoms with Crippen LogP contribution in [0.1, 0.15) is 26.7 Å². The van der Waals surface area contributed by atoms with Crippen LogP contribution in [-0.4, -0.2) is 46.6 Å². The second kappa shape index (κ2) is 5.18. The second-order valence-corrected chi connectivity index (χ2v) is 7.02. The zero-order valence-corrected chi connectivity index (χ0v) is 13.3. The largest absolute Gasteiger partial charge is 0.458 e. The van der Waals surface area contributed by atoms with E-state index < -0.39 is 47.7 Å². The lowest BCUT2D eigenvalue weighted by Gasteiger charge is -2.56. The van der Waals surface area contributed by atoms with Crippen molar-refractivity contribution in [2.75, 3.05) is 0 Å². The van der Waals surface area contributed by atoms with Crippen LogP contribution >= 0.6 is 0 Å². The Morgan fingerprint density at radius 2 is 1.91 bits per heavy atom. The van der Waals surface area contributed by atoms with Crippen LogP contribution < -0.4 is 0 Å². The van der Waals surface area contributed by atoms with Gasteiger partial charge in [-0.25, -0.2) is 4.79 Å². The smallest absolute Gasteiger partial charge is 0.334 e. The van der Waals surface area contributed by atoms with E-state index in [1.807, 2.05) is 0 Å². The van der Waals surface area contributed by atoms with Crippen molar-refractivity contribution < 1.29 is 29.3 Å². The van der Waals surface area contributed by atoms with Gasteiger partial charge >= 0.3 is 11.9 Å². The van der Waals surface area contributed by atoms with E-state index in [0.29, 0.717) is 17.6 Å². The minimum absolute atomic E-state index is 0.175. The molecule has 3 aliphatic rings. The molecule has 7 unspecified atom stereocenters. The Morgan fingerprint density at radius 3 is 2.52 bits per heavy atom. The van der Waals surface area contributed by atoms with Crippen molar-refractivity contribution >= 4 is 11.9 Å². The van der Waals surface area contributed by atoms with Crippen LogP contribution in [0, 0.1) is 17.3 Å². The average molecular weight is 322 g/mol. The van der Waals surface area contributed by atoms with Crippen molar-refractivity contribution in [2.45, 2.75) is 51.1 Å². The molecule has 0 aromatic heterocycles. The molecule has 0 spiro atoms. The lowest BCUT2D eigenvalue weighted by Crippen LogP contribution is -2.62. The van der Waals surface area contributed by atoms with Gasteiger partial charge in [0.25, 0.3) is 0 Å². The molecule has 2 saturated carbocycles. The van der Waals surface area contributed by atoms with E-state index >= 15 is 0 Å². The normalized spacial score (nSPS) is 46.0. The molecule has 3 fully saturated rings. The Hall–Kier alpha value is -1.66. The van der Waals surface area contributed by atoms with E-state index in [1.165, 1.54) is 6.92 Å². The van der Waals surface area contributed by atoms with E-state index in [1.54, 1.807) is 6.92 Å². The lowest BCUT2D eigenvalue weighted by molar-refractivity contribution is -0.190. The maximum atomic E-state index is 11.9. The van der Waals surface area contributed by atoms with Crippen molar-refractivity contribution in [3.63, 3.8) is 0 Å². The van der Waals surface area contributed by atoms with Crippen LogP contribution in [-0.2, 0) is 19.1 Å². The third-order valence-electron chi connectivity index (χ3n) is 5.82. The van der Waals surface area contributed by atoms with Crippen molar-refractivity contribution in [3.8, 4) is 0 Å². The molecule has 0 amide bonds. The monoisotopic (exact) mass is 322 g/mol. The van der Waals surface area contributed by atoms with Crippen LogP contribution in [0.15, 0.2) is 24.3 Å². The van der Waals surface area contributed by atoms with Gasteiger partial charge in [0.2, 0.25) is 0 Å². The highest BCUT2D eigenvalue weighted by Crippen LogP contribution is 2.57. The SMILES string of the molecule is C=C1C(=O)OC2C1CC(O)C1(C)C(O)CC(OC(C)=O)C(=C)C21. The molecule has 126 valence electrons. The number of hydrogen-bond donors (Lipinski definition) is 2. The predicted octanol–water partition coefficient (Wildman–Crippen LogP) is 0.724. The van der Waals surface area contributed by atoms with E-state index in [-0.39, 0.29) is 12.3 Å². The summed E-state index contributed by atoms with van der Waals surface area (Å²) in [6, 6.07) is 0. The van der Waals surface area contributed by atoms with Gasteiger partial charge in [-0.1, -0.05) is 20.1 Å². The highest BCUT2D eigenvalue weighted by molar-refractivity contribution is 5.91. The molecule has 2 N–H and O–H groups in total. The highest BCUT2D eigenvalue weighted by atomic mass is 16.6. The zero-order valence-electron chi connectivity index (χ0n) is 13.3. The molecule has 1 heterocycles. The topological polar surface area (TPSA) is 93.1 Å². The number of ether oxygens (including phenoxy) is 2. The fourth-order valence-corrected chi connectivity index (χ4v) is 4.44. The van der Waals surface area contributed by atoms with Crippen molar-refractivity contribution in [3.05, 3.63) is 24.3 Å². The van der Waals surface area contributed by atoms with Gasteiger partial charge in [0.1, 0.15) is 12.2 Å². The van der Waals surface area contributed by atoms with Gasteiger partial charge in [-0.15, -0.1) is 0 Å². The maximum Gasteiger partial charge on any atom is 0.334 e. The first-order valence-corrected chi connectivity index (χ1v) is 7.79. The molecule has 23 heavy (non-hydrogen) atoms. The number of carbonyl (C=O) groups is 2. The Morgan fingerprint density at radius 1 is 1.30 bits per heavy atom. The summed E-state index contributed by atoms with van der Waals surface area (Å²) in [7, 11) is 0. The van der Waals surface area contributed by atoms with Gasteiger partial charge in [0.15, 0.2) is 0 Å². The molecule has 0 radical (unpaired) electrons. The van der Waals surface area contributed by atoms with E-state index in [4.69, 9.17) is 9.47 Å². The van der Waals surface area contributed by atoms with Gasteiger partial charge in [0, 0.05) is 36.2 Å². The molecule has 0 bridgehead atoms. The summed E-state index contributed by atoms with van der Waals surface area (Å²) < 4.78 is 10.7. The summed E-state index contributed by atoms with van der Waals surface area (Å²) in [6.07, 6.45) is -2.43. The number of carbonyl (C=O) groups excluding carboxylic acids is 2. The predicted molar refractivity (Wildman–Crippen MR) is 80.0 cm³/mol. The average Bonchev–Trinajstić information content (AvgIpc) is 2.72. The van der Waals surface area contributed by atoms with E-state index in [2.05, 4.69) is 13.2 Å². The van der Waals surface area contributed by atoms with E-state index in [9.17, 15) is 19.8 Å². The lowest BCUT2D eigenvalue weighted by atomic mass is 9.52. The Kier molecular flexibility index (Phi) is 3.65. The Bertz CT molecular complexity index is 596. The number of esters is 2. The number of rotatable bonds is 1. The molecule has 6 heteroatoms. The summed E-state index contributed by atoms with van der Waals surface area (Å²) >= 11 is 0. The van der Waals surface area contributed by atoms with Gasteiger partial charge in [-0.05, 0) is 12.0 Å². The first-order valence-electron chi connectivity index (χ1n) is 7.79. The molecule has 7 atom stereocenters. The maximum absolute atomic E-state index is 11.9. The van der Waals surface area contributed by atoms with E-state index in [0.717, 1.165) is 0 Å². The minimum atomic E-state index is -0.903. The number of fused-ring (bicyclic) bond motifs is 3. The van der Waals surface area contributed by atoms with Crippen LogP contribution in [0.3, 0.4) is 0 Å². The summed E-state index contributed by atoms with van der Waals surface area (Å²) in [6.45, 7) is 10.9. The number of aliphatic hydroxyl groups excluding tert-OH is 2. The molecule has 1 saturated heterocycles. The third kappa shape index (κ3) is 2.16. The van der Waals surface area contributed by atoms with Gasteiger partial charge < -0.3 is 19.7 Å². The highest BCUT2D eigenvalue weighted by Gasteiger charge is 2.63. The van der Waals surface area contributed by atoms with Crippen LogP contribution in [0.2, 0.25) is 0 Å². The fourth-order valence-electron chi connectivity index (χ4n) is 4.44. The van der Waals surface area contributed by atoms with Crippen LogP contribution in [0.25, 0.3) is 0 Å². The first kappa shape index (κ1) is 16.2. The number of aliphatic hydroxyl groups is 2. The summed E-state index contributed by atoms with van der Waals surface area (Å²) in [4.78, 5) is 23.2. The Labute approximate surface area is 134 Å². The second-order valence-electron chi connectivity index (χ2n) is 7.02.